The van der Waals surface area contributed by atoms with E-state index in [0.717, 1.165) is 32.1 Å². The number of nitrogens with zero attached hydrogens (tertiary/aromatic N) is 3. The van der Waals surface area contributed by atoms with Crippen LogP contribution in [0.15, 0.2) is 46.1 Å². The number of hydrogen-bond acceptors (Lipinski definition) is 8. The van der Waals surface area contributed by atoms with Gasteiger partial charge in [0.05, 0.1) is 41.7 Å². The zero-order valence-corrected chi connectivity index (χ0v) is 25.9. The minimum atomic E-state index is -4.06. The molecular weight excluding hydrogens is 570 g/mol. The Labute approximate surface area is 251 Å². The van der Waals surface area contributed by atoms with Gasteiger partial charge >= 0.3 is 0 Å². The van der Waals surface area contributed by atoms with Gasteiger partial charge in [0.25, 0.3) is 15.6 Å². The summed E-state index contributed by atoms with van der Waals surface area (Å²) in [5.41, 5.74) is 1.24. The number of aryl methyl sites for hydroxylation is 2. The Morgan fingerprint density at radius 2 is 1.77 bits per heavy atom. The Bertz CT molecular complexity index is 1760. The van der Waals surface area contributed by atoms with E-state index in [1.165, 1.54) is 29.5 Å². The Hall–Kier alpha value is -4.06. The molecule has 0 unspecified atom stereocenters. The maximum absolute atomic E-state index is 13.6. The smallest absolute Gasteiger partial charge is 0.277 e. The fourth-order valence-corrected chi connectivity index (χ4v) is 6.55. The zero-order valence-electron chi connectivity index (χ0n) is 25.1. The molecule has 2 heterocycles. The first-order valence-electron chi connectivity index (χ1n) is 14.9. The van der Waals surface area contributed by atoms with Crippen LogP contribution in [0, 0.1) is 6.92 Å². The minimum Gasteiger partial charge on any atom is -0.493 e. The molecule has 4 aromatic rings. The third-order valence-corrected chi connectivity index (χ3v) is 8.92. The first kappa shape index (κ1) is 30.4. The van der Waals surface area contributed by atoms with E-state index in [4.69, 9.17) is 14.2 Å². The molecule has 0 saturated heterocycles. The molecule has 2 aromatic carbocycles. The summed E-state index contributed by atoms with van der Waals surface area (Å²) in [6.07, 6.45) is 8.02. The second kappa shape index (κ2) is 13.1. The van der Waals surface area contributed by atoms with Gasteiger partial charge in [0.2, 0.25) is 0 Å². The van der Waals surface area contributed by atoms with Gasteiger partial charge in [-0.1, -0.05) is 19.8 Å². The summed E-state index contributed by atoms with van der Waals surface area (Å²) < 4.78 is 49.1. The van der Waals surface area contributed by atoms with Crippen LogP contribution in [0.3, 0.4) is 0 Å². The maximum Gasteiger partial charge on any atom is 0.277 e. The van der Waals surface area contributed by atoms with Crippen LogP contribution in [0.5, 0.6) is 17.2 Å². The van der Waals surface area contributed by atoms with E-state index < -0.39 is 10.0 Å². The van der Waals surface area contributed by atoms with Crippen molar-refractivity contribution in [3.63, 3.8) is 0 Å². The van der Waals surface area contributed by atoms with Gasteiger partial charge in [-0.2, -0.15) is 0 Å². The highest BCUT2D eigenvalue weighted by Crippen LogP contribution is 2.35. The van der Waals surface area contributed by atoms with Crippen LogP contribution in [0.4, 0.5) is 5.69 Å². The fraction of sp³-hybridized carbons (Fsp3) is 0.452. The quantitative estimate of drug-likeness (QED) is 0.208. The number of hydrogen-bond donors (Lipinski definition) is 2. The van der Waals surface area contributed by atoms with Crippen molar-refractivity contribution in [2.75, 3.05) is 18.4 Å². The van der Waals surface area contributed by atoms with Crippen LogP contribution in [-0.4, -0.2) is 47.8 Å². The molecule has 1 aliphatic rings. The summed E-state index contributed by atoms with van der Waals surface area (Å²) in [5.74, 6) is 2.26. The second-order valence-electron chi connectivity index (χ2n) is 10.7. The maximum atomic E-state index is 13.6. The number of aromatic amines is 1. The molecule has 11 nitrogen and oxygen atoms in total. The molecule has 0 atom stereocenters. The van der Waals surface area contributed by atoms with E-state index in [-0.39, 0.29) is 22.4 Å². The van der Waals surface area contributed by atoms with Crippen LogP contribution in [0.25, 0.3) is 16.9 Å². The summed E-state index contributed by atoms with van der Waals surface area (Å²) in [6.45, 7) is 5.95. The number of methoxy groups -OCH3 is 1. The Morgan fingerprint density at radius 1 is 1.02 bits per heavy atom. The molecule has 43 heavy (non-hydrogen) atoms. The van der Waals surface area contributed by atoms with E-state index in [1.54, 1.807) is 38.3 Å². The number of ether oxygens (including phenoxy) is 3. The summed E-state index contributed by atoms with van der Waals surface area (Å²) >= 11 is 0. The van der Waals surface area contributed by atoms with E-state index in [9.17, 15) is 13.2 Å². The highest BCUT2D eigenvalue weighted by atomic mass is 32.2. The van der Waals surface area contributed by atoms with E-state index in [1.807, 2.05) is 13.8 Å². The number of nitrogens with one attached hydrogen (secondary N) is 2. The first-order valence-corrected chi connectivity index (χ1v) is 16.4. The van der Waals surface area contributed by atoms with Gasteiger partial charge in [0.15, 0.2) is 22.8 Å². The number of sulfonamides is 1. The minimum absolute atomic E-state index is 0.0219. The fourth-order valence-electron chi connectivity index (χ4n) is 5.47. The Morgan fingerprint density at radius 3 is 2.47 bits per heavy atom. The zero-order chi connectivity index (χ0) is 30.6. The van der Waals surface area contributed by atoms with Gasteiger partial charge in [-0.05, 0) is 76.3 Å². The van der Waals surface area contributed by atoms with Crippen molar-refractivity contribution in [1.82, 2.24) is 19.6 Å². The van der Waals surface area contributed by atoms with Crippen molar-refractivity contribution in [3.8, 4) is 28.6 Å². The molecular formula is C31H39N5O6S. The normalized spacial score (nSPS) is 14.4. The molecule has 2 aromatic heterocycles. The predicted octanol–water partition coefficient (Wildman–Crippen LogP) is 5.66. The molecule has 0 aliphatic heterocycles. The van der Waals surface area contributed by atoms with Crippen LogP contribution in [-0.2, 0) is 16.4 Å². The van der Waals surface area contributed by atoms with Crippen molar-refractivity contribution >= 4 is 21.2 Å². The van der Waals surface area contributed by atoms with Crippen LogP contribution >= 0.6 is 0 Å². The number of fused-ring (bicyclic) bond motifs is 1. The average molecular weight is 610 g/mol. The summed E-state index contributed by atoms with van der Waals surface area (Å²) in [4.78, 5) is 20.4. The standard InChI is InChI=1S/C31H39N5O6S/c1-5-11-28-32-20(3)29-31(37)33-30(34-36(28)29)24-19-23(15-17-25(24)41-6-2)43(38,39)35-21-14-16-26(40-4)27(18-21)42-22-12-9-7-8-10-13-22/h14-19,22,35H,5-13H2,1-4H3,(H,33,34,37). The van der Waals surface area contributed by atoms with Crippen molar-refractivity contribution in [1.29, 1.82) is 0 Å². The highest BCUT2D eigenvalue weighted by Gasteiger charge is 2.22. The largest absolute Gasteiger partial charge is 0.493 e. The third-order valence-electron chi connectivity index (χ3n) is 7.54. The van der Waals surface area contributed by atoms with E-state index >= 15 is 0 Å². The van der Waals surface area contributed by atoms with Gasteiger partial charge in [0, 0.05) is 12.5 Å². The third kappa shape index (κ3) is 6.64. The SMILES string of the molecule is CCCc1nc(C)c2c(=O)[nH]c(-c3cc(S(=O)(=O)Nc4ccc(OC)c(OC5CCCCCC5)c4)ccc3OCC)nn12. The van der Waals surface area contributed by atoms with Crippen molar-refractivity contribution < 1.29 is 22.6 Å². The molecule has 12 heteroatoms. The number of aromatic nitrogens is 4. The lowest BCUT2D eigenvalue weighted by Crippen LogP contribution is -2.17. The summed E-state index contributed by atoms with van der Waals surface area (Å²) in [6, 6.07) is 9.46. The van der Waals surface area contributed by atoms with Gasteiger partial charge in [-0.15, -0.1) is 5.10 Å². The summed E-state index contributed by atoms with van der Waals surface area (Å²) in [7, 11) is -2.49. The predicted molar refractivity (Wildman–Crippen MR) is 165 cm³/mol. The topological polar surface area (TPSA) is 137 Å². The molecule has 0 radical (unpaired) electrons. The first-order chi connectivity index (χ1) is 20.7. The lowest BCUT2D eigenvalue weighted by Gasteiger charge is -2.20. The lowest BCUT2D eigenvalue weighted by molar-refractivity contribution is 0.176. The van der Waals surface area contributed by atoms with Crippen LogP contribution in [0.2, 0.25) is 0 Å². The van der Waals surface area contributed by atoms with Crippen molar-refractivity contribution in [3.05, 3.63) is 58.3 Å². The van der Waals surface area contributed by atoms with Crippen molar-refractivity contribution in [2.24, 2.45) is 0 Å². The van der Waals surface area contributed by atoms with Gasteiger partial charge in [-0.3, -0.25) is 9.52 Å². The lowest BCUT2D eigenvalue weighted by atomic mass is 10.1. The van der Waals surface area contributed by atoms with Gasteiger partial charge in [0.1, 0.15) is 11.6 Å². The monoisotopic (exact) mass is 609 g/mol. The van der Waals surface area contributed by atoms with E-state index in [0.29, 0.717) is 58.6 Å². The molecule has 2 N–H and O–H groups in total. The highest BCUT2D eigenvalue weighted by molar-refractivity contribution is 7.92. The van der Waals surface area contributed by atoms with Crippen LogP contribution < -0.4 is 24.5 Å². The Kier molecular flexibility index (Phi) is 9.24. The van der Waals surface area contributed by atoms with Gasteiger partial charge < -0.3 is 19.2 Å². The van der Waals surface area contributed by atoms with Crippen molar-refractivity contribution in [2.45, 2.75) is 83.1 Å². The molecule has 0 bridgehead atoms. The van der Waals surface area contributed by atoms with E-state index in [2.05, 4.69) is 19.8 Å². The number of anilines is 1. The average Bonchev–Trinajstić information content (AvgIpc) is 3.12. The number of imidazole rings is 1. The summed E-state index contributed by atoms with van der Waals surface area (Å²) in [5, 5.41) is 4.66. The molecule has 0 spiro atoms. The molecule has 1 saturated carbocycles. The molecule has 5 rings (SSSR count). The molecule has 1 aliphatic carbocycles. The van der Waals surface area contributed by atoms with Gasteiger partial charge in [-0.25, -0.2) is 17.9 Å². The van der Waals surface area contributed by atoms with Crippen LogP contribution in [0.1, 0.15) is 70.3 Å². The number of H-pyrrole nitrogens is 1. The number of rotatable bonds is 11. The Balaban J connectivity index is 1.50. The molecule has 230 valence electrons. The second-order valence-corrected chi connectivity index (χ2v) is 12.4. The molecule has 1 fully saturated rings. The number of benzene rings is 2. The molecule has 0 amide bonds.